The molecule has 0 aliphatic carbocycles. The summed E-state index contributed by atoms with van der Waals surface area (Å²) in [6.07, 6.45) is 1.55. The summed E-state index contributed by atoms with van der Waals surface area (Å²) < 4.78 is 0. The minimum absolute atomic E-state index is 0.665. The van der Waals surface area contributed by atoms with E-state index >= 15 is 0 Å². The fourth-order valence-electron chi connectivity index (χ4n) is 1.83. The average Bonchev–Trinajstić information content (AvgIpc) is 2.48. The molecule has 0 fully saturated rings. The maximum Gasteiger partial charge on any atom is 0.0981 e. The predicted molar refractivity (Wildman–Crippen MR) is 78.6 cm³/mol. The number of hydrogen-bond donors (Lipinski definition) is 1. The second-order valence-electron chi connectivity index (χ2n) is 4.23. The molecule has 0 bridgehead atoms. The third kappa shape index (κ3) is 3.58. The summed E-state index contributed by atoms with van der Waals surface area (Å²) >= 11 is 0. The van der Waals surface area contributed by atoms with E-state index in [2.05, 4.69) is 30.6 Å². The number of hydrogen-bond acceptors (Lipinski definition) is 1. The highest BCUT2D eigenvalue weighted by atomic mass is 16.3. The van der Waals surface area contributed by atoms with Gasteiger partial charge < -0.3 is 5.11 Å². The van der Waals surface area contributed by atoms with E-state index in [1.807, 2.05) is 42.5 Å². The number of rotatable bonds is 3. The fraction of sp³-hybridized carbons (Fsp3) is 0.111. The van der Waals surface area contributed by atoms with Gasteiger partial charge in [-0.3, -0.25) is 0 Å². The Morgan fingerprint density at radius 1 is 1.05 bits per heavy atom. The van der Waals surface area contributed by atoms with Crippen LogP contribution in [0.15, 0.2) is 67.3 Å². The summed E-state index contributed by atoms with van der Waals surface area (Å²) in [5.41, 5.74) is 2.85. The van der Waals surface area contributed by atoms with E-state index in [1.165, 1.54) is 11.6 Å². The van der Waals surface area contributed by atoms with Crippen LogP contribution in [-0.4, -0.2) is 5.11 Å². The second-order valence-corrected chi connectivity index (χ2v) is 4.23. The molecule has 1 nitrogen and oxygen atoms in total. The Morgan fingerprint density at radius 3 is 2.47 bits per heavy atom. The molecule has 0 aliphatic rings. The van der Waals surface area contributed by atoms with E-state index < -0.39 is 6.10 Å². The molecule has 1 N–H and O–H groups in total. The van der Waals surface area contributed by atoms with Gasteiger partial charge in [0, 0.05) is 12.0 Å². The van der Waals surface area contributed by atoms with Gasteiger partial charge in [-0.2, -0.15) is 0 Å². The molecule has 2 aromatic carbocycles. The van der Waals surface area contributed by atoms with Gasteiger partial charge in [0.1, 0.15) is 0 Å². The molecule has 1 heteroatoms. The Hall–Kier alpha value is -2.30. The molecule has 1 atom stereocenters. The molecular formula is C18H16O. The summed E-state index contributed by atoms with van der Waals surface area (Å²) in [4.78, 5) is 0. The zero-order valence-electron chi connectivity index (χ0n) is 10.7. The second kappa shape index (κ2) is 6.58. The molecule has 0 saturated carbocycles. The average molecular weight is 248 g/mol. The summed E-state index contributed by atoms with van der Waals surface area (Å²) in [6, 6.07) is 17.7. The van der Waals surface area contributed by atoms with Gasteiger partial charge >= 0.3 is 0 Å². The van der Waals surface area contributed by atoms with E-state index in [-0.39, 0.29) is 0 Å². The molecule has 94 valence electrons. The van der Waals surface area contributed by atoms with E-state index in [4.69, 9.17) is 0 Å². The SMILES string of the molecule is C=CC(O)c1ccccc1C#CCc1ccccc1. The minimum Gasteiger partial charge on any atom is -0.384 e. The van der Waals surface area contributed by atoms with Gasteiger partial charge in [0.25, 0.3) is 0 Å². The van der Waals surface area contributed by atoms with Crippen LogP contribution in [0.2, 0.25) is 0 Å². The van der Waals surface area contributed by atoms with Crippen molar-refractivity contribution in [1.82, 2.24) is 0 Å². The van der Waals surface area contributed by atoms with Crippen LogP contribution in [0.1, 0.15) is 22.8 Å². The highest BCUT2D eigenvalue weighted by Crippen LogP contribution is 2.17. The van der Waals surface area contributed by atoms with Crippen LogP contribution in [0.4, 0.5) is 0 Å². The lowest BCUT2D eigenvalue weighted by Crippen LogP contribution is -1.96. The molecule has 0 radical (unpaired) electrons. The van der Waals surface area contributed by atoms with Crippen molar-refractivity contribution in [1.29, 1.82) is 0 Å². The largest absolute Gasteiger partial charge is 0.384 e. The summed E-state index contributed by atoms with van der Waals surface area (Å²) in [5.74, 6) is 6.26. The van der Waals surface area contributed by atoms with E-state index in [0.29, 0.717) is 6.42 Å². The van der Waals surface area contributed by atoms with Crippen LogP contribution in [0.5, 0.6) is 0 Å². The normalized spacial score (nSPS) is 11.2. The molecule has 1 unspecified atom stereocenters. The van der Waals surface area contributed by atoms with Crippen molar-refractivity contribution >= 4 is 0 Å². The molecule has 2 aromatic rings. The molecule has 19 heavy (non-hydrogen) atoms. The maximum absolute atomic E-state index is 9.84. The van der Waals surface area contributed by atoms with Crippen molar-refractivity contribution in [2.24, 2.45) is 0 Å². The van der Waals surface area contributed by atoms with Gasteiger partial charge in [0.2, 0.25) is 0 Å². The smallest absolute Gasteiger partial charge is 0.0981 e. The first-order valence-corrected chi connectivity index (χ1v) is 6.23. The maximum atomic E-state index is 9.84. The van der Waals surface area contributed by atoms with Crippen molar-refractivity contribution in [2.75, 3.05) is 0 Å². The lowest BCUT2D eigenvalue weighted by atomic mass is 10.0. The standard InChI is InChI=1S/C18H16O/c1-2-18(19)17-14-7-6-12-16(17)13-8-11-15-9-4-3-5-10-15/h2-7,9-10,12,14,18-19H,1,11H2. The summed E-state index contributed by atoms with van der Waals surface area (Å²) in [6.45, 7) is 3.61. The van der Waals surface area contributed by atoms with E-state index in [0.717, 1.165) is 11.1 Å². The first-order valence-electron chi connectivity index (χ1n) is 6.23. The predicted octanol–water partition coefficient (Wildman–Crippen LogP) is 3.50. The molecule has 0 amide bonds. The van der Waals surface area contributed by atoms with Crippen LogP contribution in [-0.2, 0) is 6.42 Å². The Labute approximate surface area is 114 Å². The number of aliphatic hydroxyl groups excluding tert-OH is 1. The van der Waals surface area contributed by atoms with Crippen molar-refractivity contribution in [3.8, 4) is 11.8 Å². The molecule has 0 heterocycles. The Morgan fingerprint density at radius 2 is 1.74 bits per heavy atom. The number of aliphatic hydroxyl groups is 1. The van der Waals surface area contributed by atoms with Crippen molar-refractivity contribution in [3.63, 3.8) is 0 Å². The van der Waals surface area contributed by atoms with Gasteiger partial charge in [-0.15, -0.1) is 6.58 Å². The Bertz CT molecular complexity index is 602. The summed E-state index contributed by atoms with van der Waals surface area (Å²) in [5, 5.41) is 9.84. The van der Waals surface area contributed by atoms with Crippen molar-refractivity contribution < 1.29 is 5.11 Å². The highest BCUT2D eigenvalue weighted by molar-refractivity contribution is 5.44. The molecule has 0 spiro atoms. The van der Waals surface area contributed by atoms with Crippen LogP contribution < -0.4 is 0 Å². The van der Waals surface area contributed by atoms with Gasteiger partial charge in [0.05, 0.1) is 6.10 Å². The summed E-state index contributed by atoms with van der Waals surface area (Å²) in [7, 11) is 0. The van der Waals surface area contributed by atoms with Crippen molar-refractivity contribution in [3.05, 3.63) is 83.9 Å². The minimum atomic E-state index is -0.665. The van der Waals surface area contributed by atoms with Gasteiger partial charge in [-0.25, -0.2) is 0 Å². The Kier molecular flexibility index (Phi) is 4.55. The Balaban J connectivity index is 2.18. The zero-order valence-corrected chi connectivity index (χ0v) is 10.7. The first-order chi connectivity index (χ1) is 9.31. The topological polar surface area (TPSA) is 20.2 Å². The van der Waals surface area contributed by atoms with Crippen LogP contribution in [0.3, 0.4) is 0 Å². The fourth-order valence-corrected chi connectivity index (χ4v) is 1.83. The molecule has 0 aromatic heterocycles. The third-order valence-electron chi connectivity index (χ3n) is 2.86. The lowest BCUT2D eigenvalue weighted by molar-refractivity contribution is 0.229. The number of benzene rings is 2. The quantitative estimate of drug-likeness (QED) is 0.651. The first kappa shape index (κ1) is 13.1. The monoisotopic (exact) mass is 248 g/mol. The third-order valence-corrected chi connectivity index (χ3v) is 2.86. The van der Waals surface area contributed by atoms with E-state index in [1.54, 1.807) is 0 Å². The van der Waals surface area contributed by atoms with Gasteiger partial charge in [-0.1, -0.05) is 66.4 Å². The molecular weight excluding hydrogens is 232 g/mol. The van der Waals surface area contributed by atoms with Crippen LogP contribution in [0.25, 0.3) is 0 Å². The lowest BCUT2D eigenvalue weighted by Gasteiger charge is -2.07. The molecule has 0 saturated heterocycles. The van der Waals surface area contributed by atoms with Gasteiger partial charge in [-0.05, 0) is 17.2 Å². The van der Waals surface area contributed by atoms with Crippen LogP contribution in [0, 0.1) is 11.8 Å². The van der Waals surface area contributed by atoms with Crippen molar-refractivity contribution in [2.45, 2.75) is 12.5 Å². The molecule has 0 aliphatic heterocycles. The zero-order chi connectivity index (χ0) is 13.5. The highest BCUT2D eigenvalue weighted by Gasteiger charge is 2.05. The van der Waals surface area contributed by atoms with Gasteiger partial charge in [0.15, 0.2) is 0 Å². The van der Waals surface area contributed by atoms with Crippen LogP contribution >= 0.6 is 0 Å². The van der Waals surface area contributed by atoms with E-state index in [9.17, 15) is 5.11 Å². The molecule has 2 rings (SSSR count).